The molecule has 0 unspecified atom stereocenters. The second-order valence-electron chi connectivity index (χ2n) is 3.22. The van der Waals surface area contributed by atoms with E-state index in [-0.39, 0.29) is 15.1 Å². The van der Waals surface area contributed by atoms with Crippen molar-refractivity contribution in [2.24, 2.45) is 0 Å². The highest BCUT2D eigenvalue weighted by molar-refractivity contribution is 14.1. The van der Waals surface area contributed by atoms with Gasteiger partial charge in [0.25, 0.3) is 0 Å². The molecule has 5 nitrogen and oxygen atoms in total. The Labute approximate surface area is 120 Å². The minimum absolute atomic E-state index is 0.0813. The molecular formula is C10H9F3INO4. The second kappa shape index (κ2) is 6.26. The summed E-state index contributed by atoms with van der Waals surface area (Å²) in [6.07, 6.45) is -5.32. The predicted molar refractivity (Wildman–Crippen MR) is 65.9 cm³/mol. The van der Waals surface area contributed by atoms with Crippen LogP contribution >= 0.6 is 22.6 Å². The fourth-order valence-corrected chi connectivity index (χ4v) is 1.87. The number of ether oxygens (including phenoxy) is 3. The van der Waals surface area contributed by atoms with Gasteiger partial charge in [-0.1, -0.05) is 0 Å². The van der Waals surface area contributed by atoms with E-state index in [2.05, 4.69) is 14.5 Å². The molecule has 1 aromatic rings. The minimum atomic E-state index is -4.87. The lowest BCUT2D eigenvalue weighted by Crippen LogP contribution is -2.20. The average molecular weight is 391 g/mol. The van der Waals surface area contributed by atoms with Gasteiger partial charge in [0.2, 0.25) is 5.88 Å². The Morgan fingerprint density at radius 3 is 2.53 bits per heavy atom. The number of hydrogen-bond acceptors (Lipinski definition) is 5. The van der Waals surface area contributed by atoms with Gasteiger partial charge in [-0.15, -0.1) is 13.2 Å². The number of esters is 1. The topological polar surface area (TPSA) is 57.7 Å². The fourth-order valence-electron chi connectivity index (χ4n) is 1.18. The third-order valence-electron chi connectivity index (χ3n) is 1.94. The molecule has 0 aliphatic carbocycles. The predicted octanol–water partition coefficient (Wildman–Crippen LogP) is 2.31. The van der Waals surface area contributed by atoms with Crippen molar-refractivity contribution in [3.8, 4) is 11.6 Å². The number of hydrogen-bond donors (Lipinski definition) is 0. The number of carbonyl (C=O) groups excluding carboxylic acids is 1. The molecule has 19 heavy (non-hydrogen) atoms. The van der Waals surface area contributed by atoms with Crippen LogP contribution in [0.15, 0.2) is 6.07 Å². The molecule has 106 valence electrons. The zero-order valence-corrected chi connectivity index (χ0v) is 12.0. The summed E-state index contributed by atoms with van der Waals surface area (Å²) in [6, 6.07) is 1.27. The van der Waals surface area contributed by atoms with Crippen LogP contribution in [-0.4, -0.2) is 31.5 Å². The number of methoxy groups -OCH3 is 2. The van der Waals surface area contributed by atoms with Crippen molar-refractivity contribution in [3.05, 3.63) is 15.3 Å². The number of halogens is 4. The van der Waals surface area contributed by atoms with Gasteiger partial charge in [-0.3, -0.25) is 4.79 Å². The van der Waals surface area contributed by atoms with Gasteiger partial charge in [0.15, 0.2) is 5.75 Å². The molecule has 9 heteroatoms. The highest BCUT2D eigenvalue weighted by Crippen LogP contribution is 2.32. The first-order chi connectivity index (χ1) is 8.76. The standard InChI is InChI=1S/C10H9F3INO4/c1-17-7-3-5(14)9(19-10(11,12)13)6(15-7)4-8(16)18-2/h3H,4H2,1-2H3. The Morgan fingerprint density at radius 2 is 2.05 bits per heavy atom. The van der Waals surface area contributed by atoms with Crippen LogP contribution in [0.25, 0.3) is 0 Å². The van der Waals surface area contributed by atoms with Crippen LogP contribution in [0.3, 0.4) is 0 Å². The number of aromatic nitrogens is 1. The lowest BCUT2D eigenvalue weighted by molar-refractivity contribution is -0.275. The summed E-state index contributed by atoms with van der Waals surface area (Å²) in [4.78, 5) is 14.9. The molecule has 1 aromatic heterocycles. The van der Waals surface area contributed by atoms with E-state index >= 15 is 0 Å². The summed E-state index contributed by atoms with van der Waals surface area (Å²) in [5, 5.41) is 0. The van der Waals surface area contributed by atoms with E-state index in [4.69, 9.17) is 4.74 Å². The van der Waals surface area contributed by atoms with Crippen LogP contribution in [0.5, 0.6) is 11.6 Å². The Hall–Kier alpha value is -1.26. The fraction of sp³-hybridized carbons (Fsp3) is 0.400. The molecule has 0 radical (unpaired) electrons. The van der Waals surface area contributed by atoms with Gasteiger partial charge < -0.3 is 14.2 Å². The molecular weight excluding hydrogens is 382 g/mol. The molecule has 0 aromatic carbocycles. The van der Waals surface area contributed by atoms with E-state index in [1.165, 1.54) is 13.2 Å². The van der Waals surface area contributed by atoms with E-state index < -0.39 is 24.5 Å². The average Bonchev–Trinajstić information content (AvgIpc) is 2.31. The van der Waals surface area contributed by atoms with Gasteiger partial charge in [-0.25, -0.2) is 4.98 Å². The molecule has 0 spiro atoms. The monoisotopic (exact) mass is 391 g/mol. The third-order valence-corrected chi connectivity index (χ3v) is 2.74. The zero-order valence-electron chi connectivity index (χ0n) is 9.88. The maximum absolute atomic E-state index is 12.3. The van der Waals surface area contributed by atoms with E-state index in [1.807, 2.05) is 0 Å². The van der Waals surface area contributed by atoms with Crippen molar-refractivity contribution < 1.29 is 32.2 Å². The van der Waals surface area contributed by atoms with Gasteiger partial charge in [-0.2, -0.15) is 0 Å². The lowest BCUT2D eigenvalue weighted by atomic mass is 10.2. The van der Waals surface area contributed by atoms with Crippen molar-refractivity contribution >= 4 is 28.6 Å². The molecule has 0 saturated heterocycles. The van der Waals surface area contributed by atoms with Crippen LogP contribution in [-0.2, 0) is 16.0 Å². The van der Waals surface area contributed by atoms with Crippen LogP contribution in [0, 0.1) is 3.57 Å². The van der Waals surface area contributed by atoms with E-state index in [0.29, 0.717) is 0 Å². The molecule has 0 fully saturated rings. The number of nitrogens with zero attached hydrogens (tertiary/aromatic N) is 1. The van der Waals surface area contributed by atoms with Crippen LogP contribution in [0.2, 0.25) is 0 Å². The smallest absolute Gasteiger partial charge is 0.481 e. The molecule has 0 aliphatic heterocycles. The number of rotatable bonds is 4. The van der Waals surface area contributed by atoms with E-state index in [1.54, 1.807) is 22.6 Å². The number of alkyl halides is 3. The second-order valence-corrected chi connectivity index (χ2v) is 4.39. The summed E-state index contributed by atoms with van der Waals surface area (Å²) in [7, 11) is 2.43. The number of pyridine rings is 1. The van der Waals surface area contributed by atoms with E-state index in [9.17, 15) is 18.0 Å². The highest BCUT2D eigenvalue weighted by Gasteiger charge is 2.34. The van der Waals surface area contributed by atoms with E-state index in [0.717, 1.165) is 7.11 Å². The first-order valence-electron chi connectivity index (χ1n) is 4.82. The van der Waals surface area contributed by atoms with Crippen molar-refractivity contribution in [2.45, 2.75) is 12.8 Å². The summed E-state index contributed by atoms with van der Waals surface area (Å²) in [6.45, 7) is 0. The largest absolute Gasteiger partial charge is 0.573 e. The Bertz CT molecular complexity index is 479. The Balaban J connectivity index is 3.21. The minimum Gasteiger partial charge on any atom is -0.481 e. The lowest BCUT2D eigenvalue weighted by Gasteiger charge is -2.14. The Morgan fingerprint density at radius 1 is 1.42 bits per heavy atom. The molecule has 0 aliphatic rings. The zero-order chi connectivity index (χ0) is 14.6. The summed E-state index contributed by atoms with van der Waals surface area (Å²) >= 11 is 1.64. The molecule has 0 bridgehead atoms. The van der Waals surface area contributed by atoms with Gasteiger partial charge in [-0.05, 0) is 22.6 Å². The third kappa shape index (κ3) is 4.73. The number of carbonyl (C=O) groups is 1. The van der Waals surface area contributed by atoms with Gasteiger partial charge in [0, 0.05) is 6.07 Å². The molecule has 0 atom stereocenters. The van der Waals surface area contributed by atoms with Gasteiger partial charge in [0.05, 0.1) is 29.9 Å². The molecule has 0 amide bonds. The van der Waals surface area contributed by atoms with Crippen molar-refractivity contribution in [2.75, 3.05) is 14.2 Å². The summed E-state index contributed by atoms with van der Waals surface area (Å²) in [5.41, 5.74) is -0.201. The molecule has 1 rings (SSSR count). The van der Waals surface area contributed by atoms with Crippen molar-refractivity contribution in [1.82, 2.24) is 4.98 Å². The first kappa shape index (κ1) is 15.8. The normalized spacial score (nSPS) is 11.1. The SMILES string of the molecule is COC(=O)Cc1nc(OC)cc(I)c1OC(F)(F)F. The van der Waals surface area contributed by atoms with Crippen LogP contribution in [0.4, 0.5) is 13.2 Å². The van der Waals surface area contributed by atoms with Crippen molar-refractivity contribution in [1.29, 1.82) is 0 Å². The summed E-state index contributed by atoms with van der Waals surface area (Å²) in [5.74, 6) is -1.18. The maximum Gasteiger partial charge on any atom is 0.573 e. The molecule has 0 saturated carbocycles. The first-order valence-corrected chi connectivity index (χ1v) is 5.90. The molecule has 0 N–H and O–H groups in total. The highest BCUT2D eigenvalue weighted by atomic mass is 127. The quantitative estimate of drug-likeness (QED) is 0.583. The maximum atomic E-state index is 12.3. The molecule has 1 heterocycles. The van der Waals surface area contributed by atoms with Gasteiger partial charge in [0.1, 0.15) is 0 Å². The summed E-state index contributed by atoms with van der Waals surface area (Å²) < 4.78 is 50.1. The van der Waals surface area contributed by atoms with Gasteiger partial charge >= 0.3 is 12.3 Å². The van der Waals surface area contributed by atoms with Crippen molar-refractivity contribution in [3.63, 3.8) is 0 Å². The van der Waals surface area contributed by atoms with Crippen LogP contribution < -0.4 is 9.47 Å². The Kier molecular flexibility index (Phi) is 5.20. The van der Waals surface area contributed by atoms with Crippen LogP contribution in [0.1, 0.15) is 5.69 Å².